The van der Waals surface area contributed by atoms with Crippen molar-refractivity contribution < 1.29 is 9.53 Å². The number of nitrogens with one attached hydrogen (secondary N) is 2. The summed E-state index contributed by atoms with van der Waals surface area (Å²) >= 11 is 0. The first-order chi connectivity index (χ1) is 10.8. The van der Waals surface area contributed by atoms with E-state index in [1.54, 1.807) is 0 Å². The Morgan fingerprint density at radius 2 is 1.96 bits per heavy atom. The maximum absolute atomic E-state index is 12.6. The van der Waals surface area contributed by atoms with E-state index in [1.165, 1.54) is 5.56 Å². The fourth-order valence-electron chi connectivity index (χ4n) is 3.44. The average Bonchev–Trinajstić information content (AvgIpc) is 3.09. The lowest BCUT2D eigenvalue weighted by Crippen LogP contribution is -2.40. The van der Waals surface area contributed by atoms with Crippen LogP contribution in [0.3, 0.4) is 0 Å². The number of rotatable bonds is 5. The van der Waals surface area contributed by atoms with Gasteiger partial charge in [0.1, 0.15) is 0 Å². The number of benzene rings is 1. The van der Waals surface area contributed by atoms with Crippen LogP contribution >= 0.6 is 12.4 Å². The summed E-state index contributed by atoms with van der Waals surface area (Å²) in [7, 11) is 0. The third kappa shape index (κ3) is 5.20. The molecule has 3 rings (SSSR count). The van der Waals surface area contributed by atoms with Gasteiger partial charge in [0.2, 0.25) is 5.91 Å². The number of amides is 1. The van der Waals surface area contributed by atoms with E-state index >= 15 is 0 Å². The summed E-state index contributed by atoms with van der Waals surface area (Å²) in [6, 6.07) is 10.4. The average molecular weight is 339 g/mol. The lowest BCUT2D eigenvalue weighted by Gasteiger charge is -2.27. The first kappa shape index (κ1) is 18.2. The largest absolute Gasteiger partial charge is 0.381 e. The SMILES string of the molecule is Cl.O=C(NC(CC1CCOC1)c1ccccc1)C1CCNCC1. The highest BCUT2D eigenvalue weighted by molar-refractivity contribution is 5.85. The molecule has 2 N–H and O–H groups in total. The molecule has 5 heteroatoms. The molecule has 23 heavy (non-hydrogen) atoms. The van der Waals surface area contributed by atoms with E-state index in [2.05, 4.69) is 22.8 Å². The van der Waals surface area contributed by atoms with Crippen LogP contribution in [0.2, 0.25) is 0 Å². The second kappa shape index (κ2) is 9.26. The van der Waals surface area contributed by atoms with Crippen LogP contribution in [0.15, 0.2) is 30.3 Å². The van der Waals surface area contributed by atoms with E-state index in [1.807, 2.05) is 18.2 Å². The standard InChI is InChI=1S/C18H26N2O2.ClH/c21-18(16-6-9-19-10-7-16)20-17(12-14-8-11-22-13-14)15-4-2-1-3-5-15;/h1-5,14,16-17,19H,6-13H2,(H,20,21);1H. The van der Waals surface area contributed by atoms with E-state index in [0.717, 1.165) is 52.0 Å². The Balaban J connectivity index is 0.00000192. The molecule has 0 aliphatic carbocycles. The van der Waals surface area contributed by atoms with Crippen molar-refractivity contribution in [3.05, 3.63) is 35.9 Å². The quantitative estimate of drug-likeness (QED) is 0.868. The molecule has 0 bridgehead atoms. The smallest absolute Gasteiger partial charge is 0.223 e. The molecule has 128 valence electrons. The van der Waals surface area contributed by atoms with Crippen LogP contribution in [-0.2, 0) is 9.53 Å². The number of carbonyl (C=O) groups excluding carboxylic acids is 1. The van der Waals surface area contributed by atoms with Crippen LogP contribution in [0.4, 0.5) is 0 Å². The van der Waals surface area contributed by atoms with Crippen molar-refractivity contribution in [1.29, 1.82) is 0 Å². The van der Waals surface area contributed by atoms with Crippen molar-refractivity contribution in [2.24, 2.45) is 11.8 Å². The zero-order chi connectivity index (χ0) is 15.2. The van der Waals surface area contributed by atoms with Crippen molar-refractivity contribution in [3.8, 4) is 0 Å². The number of hydrogen-bond acceptors (Lipinski definition) is 3. The molecule has 1 amide bonds. The maximum atomic E-state index is 12.6. The number of piperidine rings is 1. The fraction of sp³-hybridized carbons (Fsp3) is 0.611. The zero-order valence-electron chi connectivity index (χ0n) is 13.5. The van der Waals surface area contributed by atoms with Crippen molar-refractivity contribution in [2.45, 2.75) is 31.7 Å². The van der Waals surface area contributed by atoms with Crippen LogP contribution in [0.5, 0.6) is 0 Å². The van der Waals surface area contributed by atoms with Crippen LogP contribution in [-0.4, -0.2) is 32.2 Å². The van der Waals surface area contributed by atoms with Crippen LogP contribution in [0, 0.1) is 11.8 Å². The predicted molar refractivity (Wildman–Crippen MR) is 93.7 cm³/mol. The Hall–Kier alpha value is -1.10. The molecule has 0 saturated carbocycles. The summed E-state index contributed by atoms with van der Waals surface area (Å²) in [5.41, 5.74) is 1.21. The van der Waals surface area contributed by atoms with Gasteiger partial charge in [0.25, 0.3) is 0 Å². The molecule has 2 fully saturated rings. The van der Waals surface area contributed by atoms with Gasteiger partial charge in [0.15, 0.2) is 0 Å². The summed E-state index contributed by atoms with van der Waals surface area (Å²) < 4.78 is 5.49. The van der Waals surface area contributed by atoms with Crippen molar-refractivity contribution in [2.75, 3.05) is 26.3 Å². The van der Waals surface area contributed by atoms with Gasteiger partial charge in [-0.1, -0.05) is 30.3 Å². The Kier molecular flexibility index (Phi) is 7.34. The number of hydrogen-bond donors (Lipinski definition) is 2. The van der Waals surface area contributed by atoms with Gasteiger partial charge < -0.3 is 15.4 Å². The van der Waals surface area contributed by atoms with E-state index < -0.39 is 0 Å². The zero-order valence-corrected chi connectivity index (χ0v) is 14.3. The van der Waals surface area contributed by atoms with Crippen molar-refractivity contribution in [1.82, 2.24) is 10.6 Å². The van der Waals surface area contributed by atoms with Crippen LogP contribution < -0.4 is 10.6 Å². The molecule has 4 nitrogen and oxygen atoms in total. The topological polar surface area (TPSA) is 50.4 Å². The van der Waals surface area contributed by atoms with Gasteiger partial charge in [0.05, 0.1) is 6.04 Å². The summed E-state index contributed by atoms with van der Waals surface area (Å²) in [5.74, 6) is 0.931. The van der Waals surface area contributed by atoms with Crippen molar-refractivity contribution >= 4 is 18.3 Å². The highest BCUT2D eigenvalue weighted by Gasteiger charge is 2.26. The van der Waals surface area contributed by atoms with Crippen LogP contribution in [0.25, 0.3) is 0 Å². The number of halogens is 1. The number of carbonyl (C=O) groups is 1. The molecule has 2 saturated heterocycles. The van der Waals surface area contributed by atoms with E-state index in [9.17, 15) is 4.79 Å². The second-order valence-corrected chi connectivity index (χ2v) is 6.46. The highest BCUT2D eigenvalue weighted by Crippen LogP contribution is 2.27. The van der Waals surface area contributed by atoms with E-state index in [0.29, 0.717) is 5.92 Å². The van der Waals surface area contributed by atoms with Gasteiger partial charge in [-0.05, 0) is 50.3 Å². The Bertz CT molecular complexity index is 471. The molecular formula is C18H27ClN2O2. The summed E-state index contributed by atoms with van der Waals surface area (Å²) in [6.45, 7) is 3.58. The van der Waals surface area contributed by atoms with Crippen LogP contribution in [0.1, 0.15) is 37.3 Å². The molecular weight excluding hydrogens is 312 g/mol. The molecule has 2 unspecified atom stereocenters. The first-order valence-electron chi connectivity index (χ1n) is 8.46. The lowest BCUT2D eigenvalue weighted by atomic mass is 9.92. The van der Waals surface area contributed by atoms with E-state index in [4.69, 9.17) is 4.74 Å². The fourth-order valence-corrected chi connectivity index (χ4v) is 3.44. The molecule has 0 aromatic heterocycles. The summed E-state index contributed by atoms with van der Waals surface area (Å²) in [4.78, 5) is 12.6. The monoisotopic (exact) mass is 338 g/mol. The third-order valence-electron chi connectivity index (χ3n) is 4.82. The summed E-state index contributed by atoms with van der Waals surface area (Å²) in [6.07, 6.45) is 3.97. The molecule has 2 aliphatic rings. The normalized spacial score (nSPS) is 23.0. The predicted octanol–water partition coefficient (Wildman–Crippen LogP) is 2.69. The summed E-state index contributed by atoms with van der Waals surface area (Å²) in [5, 5.41) is 6.62. The molecule has 1 aromatic carbocycles. The lowest BCUT2D eigenvalue weighted by molar-refractivity contribution is -0.126. The highest BCUT2D eigenvalue weighted by atomic mass is 35.5. The third-order valence-corrected chi connectivity index (χ3v) is 4.82. The molecule has 0 spiro atoms. The Labute approximate surface area is 144 Å². The van der Waals surface area contributed by atoms with Gasteiger partial charge >= 0.3 is 0 Å². The number of ether oxygens (including phenoxy) is 1. The molecule has 2 heterocycles. The van der Waals surface area contributed by atoms with Gasteiger partial charge in [-0.3, -0.25) is 4.79 Å². The maximum Gasteiger partial charge on any atom is 0.223 e. The molecule has 1 aromatic rings. The Morgan fingerprint density at radius 3 is 2.61 bits per heavy atom. The molecule has 2 atom stereocenters. The second-order valence-electron chi connectivity index (χ2n) is 6.46. The van der Waals surface area contributed by atoms with Gasteiger partial charge in [-0.25, -0.2) is 0 Å². The van der Waals surface area contributed by atoms with Gasteiger partial charge in [-0.2, -0.15) is 0 Å². The van der Waals surface area contributed by atoms with Crippen molar-refractivity contribution in [3.63, 3.8) is 0 Å². The minimum absolute atomic E-state index is 0. The van der Waals surface area contributed by atoms with Gasteiger partial charge in [-0.15, -0.1) is 12.4 Å². The Morgan fingerprint density at radius 1 is 1.22 bits per heavy atom. The van der Waals surface area contributed by atoms with Gasteiger partial charge in [0, 0.05) is 19.1 Å². The molecule has 2 aliphatic heterocycles. The minimum atomic E-state index is 0. The first-order valence-corrected chi connectivity index (χ1v) is 8.46. The van der Waals surface area contributed by atoms with E-state index in [-0.39, 0.29) is 30.3 Å². The minimum Gasteiger partial charge on any atom is -0.381 e. The molecule has 0 radical (unpaired) electrons.